The van der Waals surface area contributed by atoms with Gasteiger partial charge in [0, 0.05) is 38.0 Å². The molecule has 2 aromatic rings. The van der Waals surface area contributed by atoms with E-state index >= 15 is 0 Å². The summed E-state index contributed by atoms with van der Waals surface area (Å²) < 4.78 is 28.0. The number of para-hydroxylation sites is 1. The zero-order valence-corrected chi connectivity index (χ0v) is 19.8. The molecular weight excluding hydrogens is 438 g/mol. The Balaban J connectivity index is 1.37. The lowest BCUT2D eigenvalue weighted by Crippen LogP contribution is -2.47. The predicted molar refractivity (Wildman–Crippen MR) is 127 cm³/mol. The van der Waals surface area contributed by atoms with E-state index in [1.165, 1.54) is 4.31 Å². The van der Waals surface area contributed by atoms with Gasteiger partial charge in [-0.15, -0.1) is 0 Å². The quantitative estimate of drug-likeness (QED) is 0.644. The van der Waals surface area contributed by atoms with Gasteiger partial charge in [-0.3, -0.25) is 13.9 Å². The van der Waals surface area contributed by atoms with Crippen LogP contribution in [-0.4, -0.2) is 50.8 Å². The highest BCUT2D eigenvalue weighted by Crippen LogP contribution is 2.32. The van der Waals surface area contributed by atoms with Crippen LogP contribution < -0.4 is 9.62 Å². The van der Waals surface area contributed by atoms with Crippen LogP contribution in [0.3, 0.4) is 0 Å². The summed E-state index contributed by atoms with van der Waals surface area (Å²) in [6.07, 6.45) is 3.52. The fourth-order valence-corrected chi connectivity index (χ4v) is 5.62. The smallest absolute Gasteiger partial charge is 0.264 e. The second-order valence-electron chi connectivity index (χ2n) is 8.92. The summed E-state index contributed by atoms with van der Waals surface area (Å²) >= 11 is 0. The Bertz CT molecular complexity index is 1070. The molecule has 0 aromatic heterocycles. The molecule has 0 radical (unpaired) electrons. The lowest BCUT2D eigenvalue weighted by atomic mass is 10.0. The molecule has 2 amide bonds. The minimum Gasteiger partial charge on any atom is -0.353 e. The lowest BCUT2D eigenvalue weighted by molar-refractivity contribution is -0.133. The molecule has 1 saturated carbocycles. The van der Waals surface area contributed by atoms with Crippen molar-refractivity contribution in [2.45, 2.75) is 50.0 Å². The van der Waals surface area contributed by atoms with Crippen LogP contribution in [0.2, 0.25) is 0 Å². The monoisotopic (exact) mass is 469 g/mol. The standard InChI is InChI=1S/C25H31N3O4S/c1-19-7-11-23(12-8-19)33(31,32)28(22-5-3-2-4-6-22)18-15-24(29)26-21-13-16-27(17-14-21)25(30)20-9-10-20/h2-8,11-12,20-21H,9-10,13-18H2,1H3,(H,26,29). The molecule has 1 aliphatic carbocycles. The Labute approximate surface area is 195 Å². The van der Waals surface area contributed by atoms with Crippen molar-refractivity contribution in [3.05, 3.63) is 60.2 Å². The fraction of sp³-hybridized carbons (Fsp3) is 0.440. The van der Waals surface area contributed by atoms with E-state index in [0.29, 0.717) is 18.8 Å². The van der Waals surface area contributed by atoms with Crippen molar-refractivity contribution in [3.8, 4) is 0 Å². The number of aryl methyl sites for hydroxylation is 1. The molecule has 1 N–H and O–H groups in total. The average molecular weight is 470 g/mol. The zero-order valence-electron chi connectivity index (χ0n) is 18.9. The number of likely N-dealkylation sites (tertiary alicyclic amines) is 1. The number of anilines is 1. The van der Waals surface area contributed by atoms with Gasteiger partial charge in [-0.05, 0) is 56.9 Å². The van der Waals surface area contributed by atoms with E-state index in [9.17, 15) is 18.0 Å². The number of hydrogen-bond donors (Lipinski definition) is 1. The first kappa shape index (κ1) is 23.3. The van der Waals surface area contributed by atoms with E-state index in [-0.39, 0.29) is 41.6 Å². The van der Waals surface area contributed by atoms with E-state index in [1.807, 2.05) is 17.9 Å². The van der Waals surface area contributed by atoms with Gasteiger partial charge in [0.15, 0.2) is 0 Å². The molecule has 176 valence electrons. The van der Waals surface area contributed by atoms with Gasteiger partial charge in [-0.2, -0.15) is 0 Å². The van der Waals surface area contributed by atoms with Crippen LogP contribution in [0.1, 0.15) is 37.7 Å². The van der Waals surface area contributed by atoms with Crippen molar-refractivity contribution in [3.63, 3.8) is 0 Å². The lowest BCUT2D eigenvalue weighted by Gasteiger charge is -2.32. The van der Waals surface area contributed by atoms with Crippen LogP contribution in [-0.2, 0) is 19.6 Å². The molecule has 33 heavy (non-hydrogen) atoms. The van der Waals surface area contributed by atoms with Crippen LogP contribution in [0.25, 0.3) is 0 Å². The summed E-state index contributed by atoms with van der Waals surface area (Å²) in [7, 11) is -3.81. The van der Waals surface area contributed by atoms with Gasteiger partial charge >= 0.3 is 0 Å². The van der Waals surface area contributed by atoms with Gasteiger partial charge < -0.3 is 10.2 Å². The van der Waals surface area contributed by atoms with E-state index in [0.717, 1.165) is 31.2 Å². The van der Waals surface area contributed by atoms with Crippen LogP contribution in [0.5, 0.6) is 0 Å². The van der Waals surface area contributed by atoms with Crippen molar-refractivity contribution in [1.29, 1.82) is 0 Å². The topological polar surface area (TPSA) is 86.8 Å². The molecule has 1 aliphatic heterocycles. The minimum absolute atomic E-state index is 0.0136. The Morgan fingerprint density at radius 1 is 0.970 bits per heavy atom. The van der Waals surface area contributed by atoms with Crippen molar-refractivity contribution in [2.24, 2.45) is 5.92 Å². The molecule has 0 spiro atoms. The molecule has 0 unspecified atom stereocenters. The molecule has 2 aliphatic rings. The first-order chi connectivity index (χ1) is 15.8. The van der Waals surface area contributed by atoms with E-state index in [1.54, 1.807) is 48.5 Å². The molecule has 1 saturated heterocycles. The molecule has 2 aromatic carbocycles. The highest BCUT2D eigenvalue weighted by atomic mass is 32.2. The second kappa shape index (κ2) is 9.95. The summed E-state index contributed by atoms with van der Waals surface area (Å²) in [5.41, 5.74) is 1.50. The van der Waals surface area contributed by atoms with Crippen LogP contribution in [0.4, 0.5) is 5.69 Å². The van der Waals surface area contributed by atoms with Crippen LogP contribution in [0.15, 0.2) is 59.5 Å². The number of hydrogen-bond acceptors (Lipinski definition) is 4. The number of nitrogens with zero attached hydrogens (tertiary/aromatic N) is 2. The highest BCUT2D eigenvalue weighted by Gasteiger charge is 2.35. The largest absolute Gasteiger partial charge is 0.353 e. The maximum atomic E-state index is 13.4. The third kappa shape index (κ3) is 5.74. The van der Waals surface area contributed by atoms with Crippen molar-refractivity contribution >= 4 is 27.5 Å². The molecule has 0 atom stereocenters. The Morgan fingerprint density at radius 3 is 2.21 bits per heavy atom. The molecule has 8 heteroatoms. The normalized spacial score (nSPS) is 16.9. The van der Waals surface area contributed by atoms with Crippen molar-refractivity contribution in [1.82, 2.24) is 10.2 Å². The molecule has 2 fully saturated rings. The third-order valence-electron chi connectivity index (χ3n) is 6.29. The third-order valence-corrected chi connectivity index (χ3v) is 8.13. The van der Waals surface area contributed by atoms with Gasteiger partial charge in [0.05, 0.1) is 10.6 Å². The first-order valence-corrected chi connectivity index (χ1v) is 13.0. The van der Waals surface area contributed by atoms with Crippen LogP contribution in [0, 0.1) is 12.8 Å². The number of rotatable bonds is 8. The summed E-state index contributed by atoms with van der Waals surface area (Å²) in [5, 5.41) is 3.03. The van der Waals surface area contributed by atoms with Crippen molar-refractivity contribution < 1.29 is 18.0 Å². The minimum atomic E-state index is -3.81. The fourth-order valence-electron chi connectivity index (χ4n) is 4.16. The molecule has 0 bridgehead atoms. The summed E-state index contributed by atoms with van der Waals surface area (Å²) in [5.74, 6) is 0.289. The van der Waals surface area contributed by atoms with Gasteiger partial charge in [0.2, 0.25) is 11.8 Å². The van der Waals surface area contributed by atoms with Gasteiger partial charge in [-0.25, -0.2) is 8.42 Å². The molecule has 7 nitrogen and oxygen atoms in total. The predicted octanol–water partition coefficient (Wildman–Crippen LogP) is 3.10. The number of amides is 2. The highest BCUT2D eigenvalue weighted by molar-refractivity contribution is 7.92. The zero-order chi connectivity index (χ0) is 23.4. The number of benzene rings is 2. The van der Waals surface area contributed by atoms with E-state index < -0.39 is 10.0 Å². The van der Waals surface area contributed by atoms with E-state index in [2.05, 4.69) is 5.32 Å². The van der Waals surface area contributed by atoms with Gasteiger partial charge in [-0.1, -0.05) is 35.9 Å². The Hall–Kier alpha value is -2.87. The number of carbonyl (C=O) groups is 2. The van der Waals surface area contributed by atoms with Crippen LogP contribution >= 0.6 is 0 Å². The maximum absolute atomic E-state index is 13.4. The molecule has 1 heterocycles. The summed E-state index contributed by atoms with van der Waals surface area (Å²) in [6.45, 7) is 3.28. The van der Waals surface area contributed by atoms with Gasteiger partial charge in [0.25, 0.3) is 10.0 Å². The second-order valence-corrected chi connectivity index (χ2v) is 10.8. The average Bonchev–Trinajstić information content (AvgIpc) is 3.66. The Morgan fingerprint density at radius 2 is 1.61 bits per heavy atom. The van der Waals surface area contributed by atoms with E-state index in [4.69, 9.17) is 0 Å². The molecular formula is C25H31N3O4S. The number of piperidine rings is 1. The summed E-state index contributed by atoms with van der Waals surface area (Å²) in [6, 6.07) is 15.6. The number of nitrogens with one attached hydrogen (secondary N) is 1. The Kier molecular flexibility index (Phi) is 7.02. The first-order valence-electron chi connectivity index (χ1n) is 11.6. The summed E-state index contributed by atoms with van der Waals surface area (Å²) in [4.78, 5) is 27.0. The van der Waals surface area contributed by atoms with Gasteiger partial charge in [0.1, 0.15) is 0 Å². The number of sulfonamides is 1. The molecule has 4 rings (SSSR count). The number of carbonyl (C=O) groups excluding carboxylic acids is 2. The van der Waals surface area contributed by atoms with Crippen molar-refractivity contribution in [2.75, 3.05) is 23.9 Å². The SMILES string of the molecule is Cc1ccc(S(=O)(=O)N(CCC(=O)NC2CCN(C(=O)C3CC3)CC2)c2ccccc2)cc1. The maximum Gasteiger partial charge on any atom is 0.264 e.